The summed E-state index contributed by atoms with van der Waals surface area (Å²) in [6.07, 6.45) is 0.695. The number of rotatable bonds is 2. The van der Waals surface area contributed by atoms with E-state index >= 15 is 0 Å². The summed E-state index contributed by atoms with van der Waals surface area (Å²) >= 11 is 0. The van der Waals surface area contributed by atoms with Crippen molar-refractivity contribution in [3.8, 4) is 11.8 Å². The number of nitrogens with zero attached hydrogens (tertiary/aromatic N) is 1. The third-order valence-electron chi connectivity index (χ3n) is 4.85. The minimum absolute atomic E-state index is 0.0882. The van der Waals surface area contributed by atoms with Crippen molar-refractivity contribution in [3.05, 3.63) is 33.9 Å². The van der Waals surface area contributed by atoms with Crippen LogP contribution in [0.2, 0.25) is 0 Å². The van der Waals surface area contributed by atoms with Crippen LogP contribution in [0.1, 0.15) is 63.3 Å². The molecule has 0 saturated heterocycles. The molecular weight excluding hydrogens is 298 g/mol. The number of ketones is 1. The van der Waals surface area contributed by atoms with Crippen LogP contribution in [0.25, 0.3) is 5.57 Å². The average Bonchev–Trinajstić information content (AvgIpc) is 2.70. The number of hydrogen-bond acceptors (Lipinski definition) is 3. The Morgan fingerprint density at radius 3 is 2.33 bits per heavy atom. The van der Waals surface area contributed by atoms with Crippen LogP contribution in [0, 0.1) is 30.6 Å². The fourth-order valence-electron chi connectivity index (χ4n) is 3.87. The molecule has 3 heteroatoms. The third-order valence-corrected chi connectivity index (χ3v) is 4.85. The van der Waals surface area contributed by atoms with Crippen LogP contribution in [0.4, 0.5) is 0 Å². The van der Waals surface area contributed by atoms with Gasteiger partial charge in [0.05, 0.1) is 12.7 Å². The van der Waals surface area contributed by atoms with Crippen molar-refractivity contribution in [3.63, 3.8) is 0 Å². The minimum atomic E-state index is -0.568. The van der Waals surface area contributed by atoms with E-state index in [0.717, 1.165) is 28.0 Å². The van der Waals surface area contributed by atoms with Crippen molar-refractivity contribution in [2.24, 2.45) is 5.41 Å². The fraction of sp³-hybridized carbons (Fsp3) is 0.524. The quantitative estimate of drug-likeness (QED) is 0.575. The molecule has 1 aromatic rings. The molecule has 0 spiro atoms. The minimum Gasteiger partial charge on any atom is -0.496 e. The summed E-state index contributed by atoms with van der Waals surface area (Å²) in [6, 6.07) is 4.26. The molecule has 1 aliphatic rings. The molecule has 0 fully saturated rings. The van der Waals surface area contributed by atoms with E-state index < -0.39 is 5.41 Å². The summed E-state index contributed by atoms with van der Waals surface area (Å²) in [6.45, 7) is 14.0. The first-order chi connectivity index (χ1) is 11.0. The van der Waals surface area contributed by atoms with Crippen LogP contribution < -0.4 is 4.74 Å². The largest absolute Gasteiger partial charge is 0.496 e. The normalized spacial score (nSPS) is 18.0. The van der Waals surface area contributed by atoms with Gasteiger partial charge in [0, 0.05) is 5.41 Å². The fourth-order valence-corrected chi connectivity index (χ4v) is 3.87. The number of carbonyl (C=O) groups excluding carboxylic acids is 1. The zero-order valence-electron chi connectivity index (χ0n) is 16.0. The molecule has 0 heterocycles. The van der Waals surface area contributed by atoms with E-state index in [4.69, 9.17) is 4.74 Å². The molecule has 24 heavy (non-hydrogen) atoms. The summed E-state index contributed by atoms with van der Waals surface area (Å²) < 4.78 is 5.57. The molecule has 128 valence electrons. The van der Waals surface area contributed by atoms with Gasteiger partial charge in [-0.2, -0.15) is 5.26 Å². The van der Waals surface area contributed by atoms with Crippen LogP contribution in [0.5, 0.6) is 5.75 Å². The van der Waals surface area contributed by atoms with Gasteiger partial charge in [-0.25, -0.2) is 0 Å². The number of Topliss-reactive ketones (excluding diaryl/α,β-unsaturated/α-hetero) is 1. The number of methoxy groups -OCH3 is 1. The Hall–Kier alpha value is -2.08. The summed E-state index contributed by atoms with van der Waals surface area (Å²) in [5.41, 5.74) is 4.85. The number of hydrogen-bond donors (Lipinski definition) is 0. The van der Waals surface area contributed by atoms with E-state index in [-0.39, 0.29) is 11.2 Å². The van der Waals surface area contributed by atoms with Crippen molar-refractivity contribution in [2.75, 3.05) is 7.11 Å². The van der Waals surface area contributed by atoms with Crippen molar-refractivity contribution >= 4 is 11.4 Å². The van der Waals surface area contributed by atoms with Gasteiger partial charge in [-0.05, 0) is 59.6 Å². The Bertz CT molecular complexity index is 784. The second kappa shape index (κ2) is 5.77. The lowest BCUT2D eigenvalue weighted by Crippen LogP contribution is -2.22. The lowest BCUT2D eigenvalue weighted by atomic mass is 9.82. The SMILES string of the molecule is COc1c(C)cc2c(c1C)C(C)(C)CC2=C(C#N)C(=O)C(C)(C)C. The summed E-state index contributed by atoms with van der Waals surface area (Å²) in [5.74, 6) is 0.804. The van der Waals surface area contributed by atoms with Crippen LogP contribution in [0.3, 0.4) is 0 Å². The van der Waals surface area contributed by atoms with Crippen LogP contribution >= 0.6 is 0 Å². The van der Waals surface area contributed by atoms with E-state index in [0.29, 0.717) is 12.0 Å². The van der Waals surface area contributed by atoms with E-state index in [9.17, 15) is 10.1 Å². The highest BCUT2D eigenvalue weighted by Crippen LogP contribution is 2.51. The maximum atomic E-state index is 12.8. The number of carbonyl (C=O) groups is 1. The third kappa shape index (κ3) is 2.75. The Morgan fingerprint density at radius 2 is 1.88 bits per heavy atom. The topological polar surface area (TPSA) is 50.1 Å². The molecule has 0 aromatic heterocycles. The number of aryl methyl sites for hydroxylation is 1. The first kappa shape index (κ1) is 18.3. The van der Waals surface area contributed by atoms with Crippen molar-refractivity contribution < 1.29 is 9.53 Å². The highest BCUT2D eigenvalue weighted by Gasteiger charge is 2.40. The molecule has 0 atom stereocenters. The Kier molecular flexibility index (Phi) is 4.39. The molecular formula is C21H27NO2. The maximum absolute atomic E-state index is 12.8. The highest BCUT2D eigenvalue weighted by atomic mass is 16.5. The van der Waals surface area contributed by atoms with Gasteiger partial charge in [-0.1, -0.05) is 34.6 Å². The van der Waals surface area contributed by atoms with Gasteiger partial charge in [-0.15, -0.1) is 0 Å². The van der Waals surface area contributed by atoms with Crippen LogP contribution in [-0.2, 0) is 10.2 Å². The Labute approximate surface area is 145 Å². The monoisotopic (exact) mass is 325 g/mol. The number of ether oxygens (including phenoxy) is 1. The van der Waals surface area contributed by atoms with E-state index in [1.54, 1.807) is 7.11 Å². The zero-order chi connectivity index (χ0) is 18.4. The molecule has 2 rings (SSSR count). The molecule has 3 nitrogen and oxygen atoms in total. The molecule has 1 aromatic carbocycles. The van der Waals surface area contributed by atoms with Crippen LogP contribution in [0.15, 0.2) is 11.6 Å². The summed E-state index contributed by atoms with van der Waals surface area (Å²) in [5, 5.41) is 9.70. The lowest BCUT2D eigenvalue weighted by Gasteiger charge is -2.23. The first-order valence-corrected chi connectivity index (χ1v) is 8.32. The molecule has 0 saturated carbocycles. The second-order valence-electron chi connectivity index (χ2n) is 8.38. The van der Waals surface area contributed by atoms with Gasteiger partial charge in [-0.3, -0.25) is 4.79 Å². The number of nitriles is 1. The van der Waals surface area contributed by atoms with Crippen LogP contribution in [-0.4, -0.2) is 12.9 Å². The van der Waals surface area contributed by atoms with Crippen molar-refractivity contribution in [1.82, 2.24) is 0 Å². The van der Waals surface area contributed by atoms with E-state index in [2.05, 4.69) is 32.9 Å². The standard InChI is InChI=1S/C21H27NO2/c1-12-9-14-15(16(11-22)19(23)20(3,4)5)10-21(6,7)17(14)13(2)18(12)24-8/h9H,10H2,1-8H3. The summed E-state index contributed by atoms with van der Waals surface area (Å²) in [7, 11) is 1.68. The summed E-state index contributed by atoms with van der Waals surface area (Å²) in [4.78, 5) is 12.8. The number of fused-ring (bicyclic) bond motifs is 1. The van der Waals surface area contributed by atoms with Crippen molar-refractivity contribution in [1.29, 1.82) is 5.26 Å². The van der Waals surface area contributed by atoms with Gasteiger partial charge in [0.15, 0.2) is 5.78 Å². The van der Waals surface area contributed by atoms with Gasteiger partial charge < -0.3 is 4.74 Å². The molecule has 1 aliphatic carbocycles. The average molecular weight is 325 g/mol. The van der Waals surface area contributed by atoms with Gasteiger partial charge in [0.1, 0.15) is 11.8 Å². The highest BCUT2D eigenvalue weighted by molar-refractivity contribution is 6.10. The molecule has 0 bridgehead atoms. The molecule has 0 amide bonds. The molecule has 0 N–H and O–H groups in total. The number of allylic oxidation sites excluding steroid dienone is 2. The maximum Gasteiger partial charge on any atom is 0.178 e. The molecule has 0 unspecified atom stereocenters. The van der Waals surface area contributed by atoms with Gasteiger partial charge in [0.25, 0.3) is 0 Å². The lowest BCUT2D eigenvalue weighted by molar-refractivity contribution is -0.122. The Morgan fingerprint density at radius 1 is 1.29 bits per heavy atom. The zero-order valence-corrected chi connectivity index (χ0v) is 16.0. The number of benzene rings is 1. The molecule has 0 aliphatic heterocycles. The van der Waals surface area contributed by atoms with Gasteiger partial charge >= 0.3 is 0 Å². The molecule has 0 radical (unpaired) electrons. The Balaban J connectivity index is 2.84. The van der Waals surface area contributed by atoms with Gasteiger partial charge in [0.2, 0.25) is 0 Å². The predicted molar refractivity (Wildman–Crippen MR) is 97.1 cm³/mol. The first-order valence-electron chi connectivity index (χ1n) is 8.32. The van der Waals surface area contributed by atoms with E-state index in [1.807, 2.05) is 27.7 Å². The smallest absolute Gasteiger partial charge is 0.178 e. The van der Waals surface area contributed by atoms with Crippen molar-refractivity contribution in [2.45, 2.75) is 60.3 Å². The van der Waals surface area contributed by atoms with E-state index in [1.165, 1.54) is 5.56 Å². The second-order valence-corrected chi connectivity index (χ2v) is 8.38. The predicted octanol–water partition coefficient (Wildman–Crippen LogP) is 4.89.